The lowest BCUT2D eigenvalue weighted by Crippen LogP contribution is -2.18. The van der Waals surface area contributed by atoms with Gasteiger partial charge in [-0.05, 0) is 48.5 Å². The van der Waals surface area contributed by atoms with Crippen LogP contribution in [0.25, 0.3) is 0 Å². The first kappa shape index (κ1) is 16.1. The average Bonchev–Trinajstić information content (AvgIpc) is 2.52. The molecule has 7 heteroatoms. The molecule has 0 unspecified atom stereocenters. The standard InChI is InChI=1S/C15H18N4O2S/c1-2-3-4-9-21-13-7-5-12(6-8-13)10-17-19-14(20)11-16-18-15(19)22/h5-8,10-11H,2-4,9H2,1H3,(H,18,22)/b17-10-. The van der Waals surface area contributed by atoms with Crippen molar-refractivity contribution in [2.75, 3.05) is 6.61 Å². The summed E-state index contributed by atoms with van der Waals surface area (Å²) in [5.41, 5.74) is 0.467. The Morgan fingerprint density at radius 2 is 2.14 bits per heavy atom. The van der Waals surface area contributed by atoms with Crippen LogP contribution in [-0.4, -0.2) is 27.7 Å². The number of aromatic amines is 1. The van der Waals surface area contributed by atoms with Gasteiger partial charge in [-0.15, -0.1) is 0 Å². The van der Waals surface area contributed by atoms with Crippen LogP contribution in [0.5, 0.6) is 5.75 Å². The molecule has 0 fully saturated rings. The molecule has 0 radical (unpaired) electrons. The Labute approximate surface area is 133 Å². The molecule has 6 nitrogen and oxygen atoms in total. The van der Waals surface area contributed by atoms with E-state index in [1.165, 1.54) is 12.8 Å². The average molecular weight is 318 g/mol. The number of H-pyrrole nitrogens is 1. The molecule has 116 valence electrons. The molecule has 0 bridgehead atoms. The smallest absolute Gasteiger partial charge is 0.293 e. The van der Waals surface area contributed by atoms with Gasteiger partial charge in [-0.25, -0.2) is 0 Å². The van der Waals surface area contributed by atoms with E-state index in [9.17, 15) is 4.79 Å². The molecule has 0 atom stereocenters. The zero-order valence-electron chi connectivity index (χ0n) is 12.4. The minimum Gasteiger partial charge on any atom is -0.494 e. The van der Waals surface area contributed by atoms with Crippen LogP contribution in [0.1, 0.15) is 31.7 Å². The molecule has 2 aromatic rings. The molecule has 2 rings (SSSR count). The van der Waals surface area contributed by atoms with Gasteiger partial charge in [0.25, 0.3) is 5.56 Å². The Kier molecular flexibility index (Phi) is 6.02. The van der Waals surface area contributed by atoms with Crippen LogP contribution < -0.4 is 10.3 Å². The number of nitrogens with zero attached hydrogens (tertiary/aromatic N) is 3. The van der Waals surface area contributed by atoms with Crippen molar-refractivity contribution < 1.29 is 4.74 Å². The molecule has 1 aromatic carbocycles. The van der Waals surface area contributed by atoms with E-state index in [0.29, 0.717) is 0 Å². The van der Waals surface area contributed by atoms with Crippen molar-refractivity contribution in [3.8, 4) is 5.75 Å². The molecule has 0 saturated heterocycles. The monoisotopic (exact) mass is 318 g/mol. The fraction of sp³-hybridized carbons (Fsp3) is 0.333. The van der Waals surface area contributed by atoms with Crippen LogP contribution in [0.4, 0.5) is 0 Å². The van der Waals surface area contributed by atoms with Crippen LogP contribution in [0, 0.1) is 4.77 Å². The van der Waals surface area contributed by atoms with E-state index >= 15 is 0 Å². The molecule has 1 aromatic heterocycles. The fourth-order valence-electron chi connectivity index (χ4n) is 1.77. The maximum Gasteiger partial charge on any atom is 0.293 e. The molecule has 0 aliphatic rings. The molecule has 0 spiro atoms. The Balaban J connectivity index is 2.00. The quantitative estimate of drug-likeness (QED) is 0.484. The molecule has 0 aliphatic heterocycles. The van der Waals surface area contributed by atoms with Crippen molar-refractivity contribution in [1.29, 1.82) is 0 Å². The Hall–Kier alpha value is -2.28. The lowest BCUT2D eigenvalue weighted by atomic mass is 10.2. The molecule has 0 aliphatic carbocycles. The van der Waals surface area contributed by atoms with Crippen LogP contribution in [0.2, 0.25) is 0 Å². The van der Waals surface area contributed by atoms with Gasteiger partial charge in [-0.1, -0.05) is 19.8 Å². The summed E-state index contributed by atoms with van der Waals surface area (Å²) < 4.78 is 6.87. The van der Waals surface area contributed by atoms with E-state index in [2.05, 4.69) is 22.2 Å². The highest BCUT2D eigenvalue weighted by atomic mass is 32.1. The number of ether oxygens (including phenoxy) is 1. The highest BCUT2D eigenvalue weighted by Gasteiger charge is 1.96. The van der Waals surface area contributed by atoms with Crippen molar-refractivity contribution in [3.05, 3.63) is 51.2 Å². The second kappa shape index (κ2) is 8.23. The lowest BCUT2D eigenvalue weighted by molar-refractivity contribution is 0.306. The molecule has 1 heterocycles. The minimum absolute atomic E-state index is 0.152. The largest absolute Gasteiger partial charge is 0.494 e. The molecule has 0 amide bonds. The molecular formula is C15H18N4O2S. The van der Waals surface area contributed by atoms with Gasteiger partial charge in [0.2, 0.25) is 4.77 Å². The van der Waals surface area contributed by atoms with Gasteiger partial charge in [0.15, 0.2) is 0 Å². The summed E-state index contributed by atoms with van der Waals surface area (Å²) in [4.78, 5) is 11.6. The SMILES string of the molecule is CCCCCOc1ccc(/C=N\n2c(=O)cn[nH]c2=S)cc1. The maximum absolute atomic E-state index is 11.6. The summed E-state index contributed by atoms with van der Waals surface area (Å²) in [5.74, 6) is 0.826. The lowest BCUT2D eigenvalue weighted by Gasteiger charge is -2.05. The first-order chi connectivity index (χ1) is 10.7. The number of unbranched alkanes of at least 4 members (excludes halogenated alkanes) is 2. The van der Waals surface area contributed by atoms with E-state index in [0.717, 1.165) is 35.2 Å². The van der Waals surface area contributed by atoms with E-state index < -0.39 is 0 Å². The Bertz CT molecular complexity index is 706. The maximum atomic E-state index is 11.6. The van der Waals surface area contributed by atoms with Crippen molar-refractivity contribution in [2.24, 2.45) is 5.10 Å². The Morgan fingerprint density at radius 3 is 2.82 bits per heavy atom. The number of hydrogen-bond acceptors (Lipinski definition) is 5. The molecule has 1 N–H and O–H groups in total. The van der Waals surface area contributed by atoms with Gasteiger partial charge < -0.3 is 4.74 Å². The zero-order chi connectivity index (χ0) is 15.8. The van der Waals surface area contributed by atoms with Crippen molar-refractivity contribution >= 4 is 18.4 Å². The normalized spacial score (nSPS) is 11.0. The summed E-state index contributed by atoms with van der Waals surface area (Å²) >= 11 is 4.96. The predicted molar refractivity (Wildman–Crippen MR) is 88.1 cm³/mol. The van der Waals surface area contributed by atoms with Gasteiger partial charge in [-0.3, -0.25) is 9.89 Å². The number of benzene rings is 1. The van der Waals surface area contributed by atoms with E-state index in [1.54, 1.807) is 6.21 Å². The second-order valence-corrected chi connectivity index (χ2v) is 5.08. The summed E-state index contributed by atoms with van der Waals surface area (Å²) in [7, 11) is 0. The van der Waals surface area contributed by atoms with Crippen LogP contribution in [-0.2, 0) is 0 Å². The van der Waals surface area contributed by atoms with Gasteiger partial charge in [0.05, 0.1) is 12.8 Å². The van der Waals surface area contributed by atoms with Gasteiger partial charge >= 0.3 is 0 Å². The van der Waals surface area contributed by atoms with Gasteiger partial charge in [0.1, 0.15) is 11.9 Å². The molecular weight excluding hydrogens is 300 g/mol. The molecule has 0 saturated carbocycles. The third kappa shape index (κ3) is 4.63. The van der Waals surface area contributed by atoms with Crippen molar-refractivity contribution in [3.63, 3.8) is 0 Å². The second-order valence-electron chi connectivity index (χ2n) is 4.69. The summed E-state index contributed by atoms with van der Waals surface area (Å²) in [6, 6.07) is 7.50. The summed E-state index contributed by atoms with van der Waals surface area (Å²) in [6.45, 7) is 2.89. The summed E-state index contributed by atoms with van der Waals surface area (Å²) in [6.07, 6.45) is 6.09. The predicted octanol–water partition coefficient (Wildman–Crippen LogP) is 2.75. The van der Waals surface area contributed by atoms with Crippen molar-refractivity contribution in [1.82, 2.24) is 14.9 Å². The van der Waals surface area contributed by atoms with Crippen LogP contribution >= 0.6 is 12.2 Å². The third-order valence-corrected chi connectivity index (χ3v) is 3.22. The zero-order valence-corrected chi connectivity index (χ0v) is 13.2. The van der Waals surface area contributed by atoms with Crippen molar-refractivity contribution in [2.45, 2.75) is 26.2 Å². The highest BCUT2D eigenvalue weighted by molar-refractivity contribution is 7.71. The van der Waals surface area contributed by atoms with Gasteiger partial charge in [-0.2, -0.15) is 14.9 Å². The first-order valence-electron chi connectivity index (χ1n) is 7.14. The number of hydrogen-bond donors (Lipinski definition) is 1. The first-order valence-corrected chi connectivity index (χ1v) is 7.55. The van der Waals surface area contributed by atoms with E-state index in [1.807, 2.05) is 24.3 Å². The topological polar surface area (TPSA) is 72.3 Å². The fourth-order valence-corrected chi connectivity index (χ4v) is 1.96. The Morgan fingerprint density at radius 1 is 1.36 bits per heavy atom. The number of aromatic nitrogens is 3. The van der Waals surface area contributed by atoms with Crippen LogP contribution in [0.15, 0.2) is 40.4 Å². The number of nitrogens with one attached hydrogen (secondary N) is 1. The van der Waals surface area contributed by atoms with E-state index in [4.69, 9.17) is 17.0 Å². The van der Waals surface area contributed by atoms with Gasteiger partial charge in [0, 0.05) is 0 Å². The number of rotatable bonds is 7. The summed E-state index contributed by atoms with van der Waals surface area (Å²) in [5, 5.41) is 10.2. The van der Waals surface area contributed by atoms with Crippen LogP contribution in [0.3, 0.4) is 0 Å². The molecule has 22 heavy (non-hydrogen) atoms. The van der Waals surface area contributed by atoms with E-state index in [-0.39, 0.29) is 10.3 Å². The highest BCUT2D eigenvalue weighted by Crippen LogP contribution is 2.12. The third-order valence-electron chi connectivity index (χ3n) is 2.96. The minimum atomic E-state index is -0.379.